The van der Waals surface area contributed by atoms with Gasteiger partial charge in [-0.05, 0) is 12.5 Å². The van der Waals surface area contributed by atoms with Crippen molar-refractivity contribution in [2.24, 2.45) is 0 Å². The highest BCUT2D eigenvalue weighted by molar-refractivity contribution is 5.81. The van der Waals surface area contributed by atoms with Gasteiger partial charge in [0.1, 0.15) is 0 Å². The van der Waals surface area contributed by atoms with Crippen LogP contribution in [0.4, 0.5) is 0 Å². The molecular weight excluding hydrogens is 248 g/mol. The van der Waals surface area contributed by atoms with Crippen LogP contribution in [0.25, 0.3) is 0 Å². The average molecular weight is 266 g/mol. The maximum Gasteiger partial charge on any atom is 0.306 e. The quantitative estimate of drug-likeness (QED) is 0.746. The Morgan fingerprint density at radius 2 is 2.11 bits per heavy atom. The highest BCUT2D eigenvalue weighted by Crippen LogP contribution is 2.06. The van der Waals surface area contributed by atoms with E-state index in [4.69, 9.17) is 9.47 Å². The van der Waals surface area contributed by atoms with E-state index in [9.17, 15) is 9.59 Å². The van der Waals surface area contributed by atoms with E-state index in [1.165, 1.54) is 0 Å². The first-order valence-electron chi connectivity index (χ1n) is 6.07. The normalized spacial score (nSPS) is 9.79. The summed E-state index contributed by atoms with van der Waals surface area (Å²) in [4.78, 5) is 26.6. The molecule has 1 N–H and O–H groups in total. The van der Waals surface area contributed by atoms with E-state index in [0.29, 0.717) is 19.0 Å². The second-order valence-electron chi connectivity index (χ2n) is 3.79. The summed E-state index contributed by atoms with van der Waals surface area (Å²) in [5.41, 5.74) is 0.866. The van der Waals surface area contributed by atoms with Gasteiger partial charge in [-0.15, -0.1) is 0 Å². The molecule has 0 aromatic carbocycles. The van der Waals surface area contributed by atoms with Crippen molar-refractivity contribution in [1.29, 1.82) is 0 Å². The molecule has 1 heterocycles. The molecule has 0 saturated carbocycles. The lowest BCUT2D eigenvalue weighted by Gasteiger charge is -2.05. The molecular formula is C13H18N2O4. The third kappa shape index (κ3) is 5.85. The summed E-state index contributed by atoms with van der Waals surface area (Å²) in [5.74, 6) is -0.0231. The predicted molar refractivity (Wildman–Crippen MR) is 68.5 cm³/mol. The zero-order valence-corrected chi connectivity index (χ0v) is 11.1. The molecule has 6 heteroatoms. The fourth-order valence-electron chi connectivity index (χ4n) is 1.37. The first-order valence-corrected chi connectivity index (χ1v) is 6.07. The lowest BCUT2D eigenvalue weighted by molar-refractivity contribution is -0.144. The number of aromatic nitrogens is 1. The van der Waals surface area contributed by atoms with Gasteiger partial charge in [0.25, 0.3) is 0 Å². The molecule has 0 bridgehead atoms. The van der Waals surface area contributed by atoms with Crippen molar-refractivity contribution in [3.8, 4) is 5.88 Å². The molecule has 19 heavy (non-hydrogen) atoms. The summed E-state index contributed by atoms with van der Waals surface area (Å²) < 4.78 is 9.67. The van der Waals surface area contributed by atoms with Crippen LogP contribution >= 0.6 is 0 Å². The Morgan fingerprint density at radius 1 is 1.32 bits per heavy atom. The summed E-state index contributed by atoms with van der Waals surface area (Å²) in [6.45, 7) is 2.44. The minimum atomic E-state index is -0.358. The second kappa shape index (κ2) is 8.07. The van der Waals surface area contributed by atoms with Crippen LogP contribution in [0.3, 0.4) is 0 Å². The van der Waals surface area contributed by atoms with Gasteiger partial charge >= 0.3 is 5.97 Å². The van der Waals surface area contributed by atoms with Crippen LogP contribution in [0.2, 0.25) is 0 Å². The molecule has 104 valence electrons. The Morgan fingerprint density at radius 3 is 2.68 bits per heavy atom. The monoisotopic (exact) mass is 266 g/mol. The molecule has 0 spiro atoms. The molecule has 0 aliphatic heterocycles. The maximum absolute atomic E-state index is 11.5. The van der Waals surface area contributed by atoms with Crippen molar-refractivity contribution in [3.05, 3.63) is 23.9 Å². The highest BCUT2D eigenvalue weighted by atomic mass is 16.5. The van der Waals surface area contributed by atoms with E-state index < -0.39 is 0 Å². The number of nitrogens with one attached hydrogen (secondary N) is 1. The number of amides is 1. The van der Waals surface area contributed by atoms with Crippen LogP contribution in [-0.2, 0) is 20.9 Å². The van der Waals surface area contributed by atoms with Gasteiger partial charge in [0.2, 0.25) is 11.8 Å². The number of rotatable bonds is 7. The number of carbonyl (C=O) groups excluding carboxylic acids is 2. The van der Waals surface area contributed by atoms with Gasteiger partial charge in [-0.25, -0.2) is 4.98 Å². The van der Waals surface area contributed by atoms with Gasteiger partial charge in [0.05, 0.1) is 20.1 Å². The first kappa shape index (κ1) is 14.9. The Labute approximate surface area is 112 Å². The zero-order valence-electron chi connectivity index (χ0n) is 11.1. The Kier molecular flexibility index (Phi) is 6.35. The smallest absolute Gasteiger partial charge is 0.306 e. The van der Waals surface area contributed by atoms with Crippen molar-refractivity contribution in [1.82, 2.24) is 10.3 Å². The predicted octanol–water partition coefficient (Wildman–Crippen LogP) is 1.05. The van der Waals surface area contributed by atoms with Gasteiger partial charge in [-0.3, -0.25) is 9.59 Å². The summed E-state index contributed by atoms with van der Waals surface area (Å²) >= 11 is 0. The van der Waals surface area contributed by atoms with Crippen molar-refractivity contribution >= 4 is 11.9 Å². The van der Waals surface area contributed by atoms with E-state index in [-0.39, 0.29) is 24.7 Å². The largest absolute Gasteiger partial charge is 0.481 e. The average Bonchev–Trinajstić information content (AvgIpc) is 2.44. The number of ether oxygens (including phenoxy) is 2. The minimum Gasteiger partial charge on any atom is -0.481 e. The first-order chi connectivity index (χ1) is 9.15. The van der Waals surface area contributed by atoms with Crippen molar-refractivity contribution in [2.75, 3.05) is 13.7 Å². The molecule has 0 aliphatic rings. The fourth-order valence-corrected chi connectivity index (χ4v) is 1.37. The summed E-state index contributed by atoms with van der Waals surface area (Å²) in [6, 6.07) is 3.54. The molecule has 1 aromatic heterocycles. The highest BCUT2D eigenvalue weighted by Gasteiger charge is 2.07. The zero-order chi connectivity index (χ0) is 14.1. The number of pyridine rings is 1. The van der Waals surface area contributed by atoms with E-state index in [1.54, 1.807) is 26.3 Å². The Balaban J connectivity index is 2.27. The summed E-state index contributed by atoms with van der Waals surface area (Å²) in [6.07, 6.45) is 1.85. The molecule has 0 fully saturated rings. The molecule has 0 atom stereocenters. The number of hydrogen-bond acceptors (Lipinski definition) is 5. The number of hydrogen-bond donors (Lipinski definition) is 1. The van der Waals surface area contributed by atoms with Gasteiger partial charge in [0, 0.05) is 25.2 Å². The molecule has 1 aromatic rings. The third-order valence-corrected chi connectivity index (χ3v) is 2.36. The van der Waals surface area contributed by atoms with Crippen LogP contribution in [0.15, 0.2) is 18.3 Å². The topological polar surface area (TPSA) is 77.5 Å². The summed E-state index contributed by atoms with van der Waals surface area (Å²) in [7, 11) is 1.54. The van der Waals surface area contributed by atoms with Crippen molar-refractivity contribution in [3.63, 3.8) is 0 Å². The molecule has 0 aliphatic carbocycles. The molecule has 0 radical (unpaired) electrons. The standard InChI is InChI=1S/C13H18N2O4/c1-3-19-13(17)7-5-11(16)14-8-10-4-6-12(18-2)15-9-10/h4,6,9H,3,5,7-8H2,1-2H3,(H,14,16). The molecule has 1 rings (SSSR count). The van der Waals surface area contributed by atoms with Crippen molar-refractivity contribution < 1.29 is 19.1 Å². The van der Waals surface area contributed by atoms with Crippen LogP contribution in [0.5, 0.6) is 5.88 Å². The Bertz CT molecular complexity index is 417. The van der Waals surface area contributed by atoms with E-state index in [2.05, 4.69) is 10.3 Å². The summed E-state index contributed by atoms with van der Waals surface area (Å²) in [5, 5.41) is 2.71. The Hall–Kier alpha value is -2.11. The van der Waals surface area contributed by atoms with Gasteiger partial charge in [-0.1, -0.05) is 6.07 Å². The fraction of sp³-hybridized carbons (Fsp3) is 0.462. The van der Waals surface area contributed by atoms with Gasteiger partial charge in [0.15, 0.2) is 0 Å². The van der Waals surface area contributed by atoms with Crippen LogP contribution in [0, 0.1) is 0 Å². The third-order valence-electron chi connectivity index (χ3n) is 2.36. The SMILES string of the molecule is CCOC(=O)CCC(=O)NCc1ccc(OC)nc1. The van der Waals surface area contributed by atoms with E-state index in [1.807, 2.05) is 6.07 Å². The minimum absolute atomic E-state index is 0.0978. The molecule has 0 saturated heterocycles. The number of esters is 1. The number of carbonyl (C=O) groups is 2. The molecule has 6 nitrogen and oxygen atoms in total. The molecule has 1 amide bonds. The van der Waals surface area contributed by atoms with Crippen LogP contribution in [0.1, 0.15) is 25.3 Å². The molecule has 0 unspecified atom stereocenters. The van der Waals surface area contributed by atoms with Crippen LogP contribution in [-0.4, -0.2) is 30.6 Å². The lowest BCUT2D eigenvalue weighted by Crippen LogP contribution is -2.23. The second-order valence-corrected chi connectivity index (χ2v) is 3.79. The lowest BCUT2D eigenvalue weighted by atomic mass is 10.2. The van der Waals surface area contributed by atoms with E-state index >= 15 is 0 Å². The van der Waals surface area contributed by atoms with Crippen molar-refractivity contribution in [2.45, 2.75) is 26.3 Å². The van der Waals surface area contributed by atoms with E-state index in [0.717, 1.165) is 5.56 Å². The maximum atomic E-state index is 11.5. The van der Waals surface area contributed by atoms with Gasteiger partial charge in [-0.2, -0.15) is 0 Å². The van der Waals surface area contributed by atoms with Crippen LogP contribution < -0.4 is 10.1 Å². The number of nitrogens with zero attached hydrogens (tertiary/aromatic N) is 1. The number of methoxy groups -OCH3 is 1. The van der Waals surface area contributed by atoms with Gasteiger partial charge < -0.3 is 14.8 Å².